The molecule has 0 unspecified atom stereocenters. The van der Waals surface area contributed by atoms with Gasteiger partial charge in [-0.15, -0.1) is 6.58 Å². The summed E-state index contributed by atoms with van der Waals surface area (Å²) in [5.41, 5.74) is 6.81. The number of quaternary nitrogens is 1. The molecule has 4 N–H and O–H groups in total. The van der Waals surface area contributed by atoms with Crippen LogP contribution in [0.3, 0.4) is 0 Å². The van der Waals surface area contributed by atoms with Gasteiger partial charge in [0.05, 0.1) is 0 Å². The molecule has 0 bridgehead atoms. The van der Waals surface area contributed by atoms with Crippen LogP contribution >= 0.6 is 0 Å². The second-order valence-corrected chi connectivity index (χ2v) is 7.22. The highest BCUT2D eigenvalue weighted by Crippen LogP contribution is 2.31. The number of alkyl carbamates (subject to hydrolysis) is 1. The van der Waals surface area contributed by atoms with E-state index in [2.05, 4.69) is 37.5 Å². The number of ether oxygens (including phenoxy) is 1. The number of rotatable bonds is 5. The first kappa shape index (κ1) is 18.2. The van der Waals surface area contributed by atoms with Gasteiger partial charge in [0.1, 0.15) is 11.3 Å². The van der Waals surface area contributed by atoms with Crippen LogP contribution in [0, 0.1) is 0 Å². The monoisotopic (exact) mass is 305 g/mol. The summed E-state index contributed by atoms with van der Waals surface area (Å²) in [6, 6.07) is 6.07. The molecule has 0 aliphatic carbocycles. The Morgan fingerprint density at radius 2 is 1.95 bits per heavy atom. The van der Waals surface area contributed by atoms with Gasteiger partial charge >= 0.3 is 6.09 Å². The Labute approximate surface area is 133 Å². The van der Waals surface area contributed by atoms with Crippen LogP contribution < -0.4 is 11.1 Å². The molecule has 0 saturated heterocycles. The SMILES string of the molecule is C=CCC(C)(C)c1cc(CNC(=O)OC(C)(C)C)ccc1[NH3+]. The quantitative estimate of drug-likeness (QED) is 0.818. The molecule has 0 heterocycles. The van der Waals surface area contributed by atoms with Crippen LogP contribution in [0.1, 0.15) is 52.2 Å². The number of nitrogens with one attached hydrogen (secondary N) is 1. The average molecular weight is 305 g/mol. The fraction of sp³-hybridized carbons (Fsp3) is 0.500. The highest BCUT2D eigenvalue weighted by atomic mass is 16.6. The fourth-order valence-electron chi connectivity index (χ4n) is 2.32. The minimum atomic E-state index is -0.488. The lowest BCUT2D eigenvalue weighted by Crippen LogP contribution is -2.43. The summed E-state index contributed by atoms with van der Waals surface area (Å²) in [4.78, 5) is 11.7. The minimum absolute atomic E-state index is 0.0270. The first-order valence-corrected chi connectivity index (χ1v) is 7.58. The molecule has 1 amide bonds. The second-order valence-electron chi connectivity index (χ2n) is 7.22. The summed E-state index contributed by atoms with van der Waals surface area (Å²) in [5.74, 6) is 0. The first-order chi connectivity index (χ1) is 10.0. The topological polar surface area (TPSA) is 66.0 Å². The molecule has 0 aromatic heterocycles. The van der Waals surface area contributed by atoms with Crippen molar-refractivity contribution in [3.63, 3.8) is 0 Å². The van der Waals surface area contributed by atoms with Gasteiger partial charge in [-0.1, -0.05) is 26.0 Å². The van der Waals surface area contributed by atoms with Gasteiger partial charge in [0, 0.05) is 12.1 Å². The number of amides is 1. The summed E-state index contributed by atoms with van der Waals surface area (Å²) >= 11 is 0. The molecule has 1 rings (SSSR count). The van der Waals surface area contributed by atoms with Gasteiger partial charge < -0.3 is 15.8 Å². The van der Waals surface area contributed by atoms with Crippen molar-refractivity contribution < 1.29 is 15.3 Å². The third-order valence-corrected chi connectivity index (χ3v) is 3.39. The van der Waals surface area contributed by atoms with Crippen molar-refractivity contribution in [2.24, 2.45) is 0 Å². The lowest BCUT2D eigenvalue weighted by Gasteiger charge is -2.24. The van der Waals surface area contributed by atoms with Crippen LogP contribution in [0.5, 0.6) is 0 Å². The normalized spacial score (nSPS) is 11.9. The van der Waals surface area contributed by atoms with Crippen LogP contribution in [-0.4, -0.2) is 11.7 Å². The Morgan fingerprint density at radius 3 is 2.50 bits per heavy atom. The lowest BCUT2D eigenvalue weighted by molar-refractivity contribution is -0.256. The molecule has 0 fully saturated rings. The number of allylic oxidation sites excluding steroid dienone is 1. The van der Waals surface area contributed by atoms with E-state index in [1.54, 1.807) is 0 Å². The van der Waals surface area contributed by atoms with Crippen molar-refractivity contribution in [3.8, 4) is 0 Å². The van der Waals surface area contributed by atoms with E-state index in [9.17, 15) is 4.79 Å². The van der Waals surface area contributed by atoms with Crippen LogP contribution in [-0.2, 0) is 16.7 Å². The Bertz CT molecular complexity index is 543. The molecule has 1 aromatic rings. The Kier molecular flexibility index (Phi) is 5.78. The average Bonchev–Trinajstić information content (AvgIpc) is 2.35. The molecule has 4 heteroatoms. The predicted molar refractivity (Wildman–Crippen MR) is 89.9 cm³/mol. The van der Waals surface area contributed by atoms with Crippen LogP contribution in [0.25, 0.3) is 0 Å². The lowest BCUT2D eigenvalue weighted by atomic mass is 9.80. The van der Waals surface area contributed by atoms with Gasteiger partial charge in [-0.25, -0.2) is 4.79 Å². The summed E-state index contributed by atoms with van der Waals surface area (Å²) in [6.07, 6.45) is 2.39. The van der Waals surface area contributed by atoms with Crippen LogP contribution in [0.15, 0.2) is 30.9 Å². The van der Waals surface area contributed by atoms with Gasteiger partial charge in [-0.3, -0.25) is 0 Å². The third kappa shape index (κ3) is 5.53. The molecule has 0 spiro atoms. The molecule has 0 aliphatic rings. The molecule has 1 aromatic carbocycles. The molecule has 122 valence electrons. The van der Waals surface area contributed by atoms with Crippen molar-refractivity contribution in [2.45, 2.75) is 58.6 Å². The van der Waals surface area contributed by atoms with E-state index < -0.39 is 11.7 Å². The summed E-state index contributed by atoms with van der Waals surface area (Å²) < 4.78 is 5.24. The summed E-state index contributed by atoms with van der Waals surface area (Å²) in [7, 11) is 0. The van der Waals surface area contributed by atoms with Crippen LogP contribution in [0.4, 0.5) is 10.5 Å². The molecule has 22 heavy (non-hydrogen) atoms. The fourth-order valence-corrected chi connectivity index (χ4v) is 2.32. The number of hydrogen-bond acceptors (Lipinski definition) is 2. The Balaban J connectivity index is 2.82. The van der Waals surface area contributed by atoms with E-state index in [4.69, 9.17) is 4.74 Å². The number of carbonyl (C=O) groups is 1. The van der Waals surface area contributed by atoms with Gasteiger partial charge in [-0.05, 0) is 50.3 Å². The van der Waals surface area contributed by atoms with Crippen molar-refractivity contribution in [1.29, 1.82) is 0 Å². The third-order valence-electron chi connectivity index (χ3n) is 3.39. The first-order valence-electron chi connectivity index (χ1n) is 7.58. The van der Waals surface area contributed by atoms with E-state index in [0.717, 1.165) is 17.7 Å². The second kappa shape index (κ2) is 6.97. The van der Waals surface area contributed by atoms with E-state index in [0.29, 0.717) is 6.54 Å². The predicted octanol–water partition coefficient (Wildman–Crippen LogP) is 3.44. The Hall–Kier alpha value is -1.81. The molecule has 0 atom stereocenters. The minimum Gasteiger partial charge on any atom is -0.444 e. The van der Waals surface area contributed by atoms with Gasteiger partial charge in [0.2, 0.25) is 0 Å². The van der Waals surface area contributed by atoms with Crippen molar-refractivity contribution in [3.05, 3.63) is 42.0 Å². The van der Waals surface area contributed by atoms with E-state index in [1.165, 1.54) is 5.56 Å². The molecule has 0 saturated carbocycles. The van der Waals surface area contributed by atoms with Gasteiger partial charge in [0.25, 0.3) is 0 Å². The van der Waals surface area contributed by atoms with Crippen LogP contribution in [0.2, 0.25) is 0 Å². The molecule has 0 aliphatic heterocycles. The van der Waals surface area contributed by atoms with Crippen molar-refractivity contribution in [1.82, 2.24) is 5.32 Å². The van der Waals surface area contributed by atoms with Gasteiger partial charge in [0.15, 0.2) is 0 Å². The largest absolute Gasteiger partial charge is 0.444 e. The van der Waals surface area contributed by atoms with E-state index in [1.807, 2.05) is 39.0 Å². The summed E-state index contributed by atoms with van der Waals surface area (Å²) in [5, 5.41) is 2.78. The van der Waals surface area contributed by atoms with E-state index >= 15 is 0 Å². The standard InChI is InChI=1S/C18H28N2O2/c1-7-10-18(5,6)14-11-13(8-9-15(14)19)12-20-16(21)22-17(2,3)4/h7-9,11H,1,10,12,19H2,2-6H3,(H,20,21)/p+1. The number of hydrogen-bond donors (Lipinski definition) is 2. The van der Waals surface area contributed by atoms with Crippen molar-refractivity contribution >= 4 is 11.8 Å². The maximum Gasteiger partial charge on any atom is 0.407 e. The molecular formula is C18H29N2O2+. The molecular weight excluding hydrogens is 276 g/mol. The maximum atomic E-state index is 11.7. The smallest absolute Gasteiger partial charge is 0.407 e. The van der Waals surface area contributed by atoms with Crippen molar-refractivity contribution in [2.75, 3.05) is 0 Å². The zero-order valence-electron chi connectivity index (χ0n) is 14.5. The number of benzene rings is 1. The maximum absolute atomic E-state index is 11.7. The highest BCUT2D eigenvalue weighted by molar-refractivity contribution is 5.67. The molecule has 0 radical (unpaired) electrons. The zero-order chi connectivity index (χ0) is 17.0. The Morgan fingerprint density at radius 1 is 1.32 bits per heavy atom. The van der Waals surface area contributed by atoms with E-state index in [-0.39, 0.29) is 5.41 Å². The highest BCUT2D eigenvalue weighted by Gasteiger charge is 2.23. The zero-order valence-corrected chi connectivity index (χ0v) is 14.5. The number of carbonyl (C=O) groups excluding carboxylic acids is 1. The summed E-state index contributed by atoms with van der Waals surface area (Å²) in [6.45, 7) is 14.1. The molecule has 4 nitrogen and oxygen atoms in total. The van der Waals surface area contributed by atoms with Gasteiger partial charge in [-0.2, -0.15) is 0 Å².